The Morgan fingerprint density at radius 2 is 2.21 bits per heavy atom. The van der Waals surface area contributed by atoms with Gasteiger partial charge in [-0.1, -0.05) is 5.16 Å². The predicted molar refractivity (Wildman–Crippen MR) is 82.3 cm³/mol. The highest BCUT2D eigenvalue weighted by Crippen LogP contribution is 2.40. The Morgan fingerprint density at radius 3 is 2.92 bits per heavy atom. The van der Waals surface area contributed by atoms with Crippen molar-refractivity contribution < 1.29 is 14.1 Å². The van der Waals surface area contributed by atoms with Crippen molar-refractivity contribution in [2.24, 2.45) is 13.0 Å². The fraction of sp³-hybridized carbons (Fsp3) is 0.500. The van der Waals surface area contributed by atoms with Gasteiger partial charge in [-0.3, -0.25) is 9.59 Å². The van der Waals surface area contributed by atoms with Crippen LogP contribution in [0.5, 0.6) is 0 Å². The molecule has 8 heteroatoms. The van der Waals surface area contributed by atoms with Crippen molar-refractivity contribution in [3.63, 3.8) is 0 Å². The quantitative estimate of drug-likeness (QED) is 0.804. The van der Waals surface area contributed by atoms with Gasteiger partial charge in [0, 0.05) is 32.3 Å². The monoisotopic (exact) mass is 330 g/mol. The standard InChI is InChI=1S/C16H18N4O4/c1-9-17-14(24-18-9)12-6-10-7-20(8-13(10)23-12)16(22)11-4-3-5-19(2)15(11)21/h3-5,10,12-13H,6-8H2,1-2H3/t10-,12-,13+/m0/s1. The molecule has 0 radical (unpaired) electrons. The van der Waals surface area contributed by atoms with Crippen molar-refractivity contribution in [1.29, 1.82) is 0 Å². The number of pyridine rings is 1. The molecule has 2 saturated heterocycles. The molecule has 0 aromatic carbocycles. The maximum absolute atomic E-state index is 12.6. The van der Waals surface area contributed by atoms with Crippen molar-refractivity contribution in [1.82, 2.24) is 19.6 Å². The molecule has 4 rings (SSSR count). The van der Waals surface area contributed by atoms with Crippen LogP contribution >= 0.6 is 0 Å². The van der Waals surface area contributed by atoms with E-state index in [9.17, 15) is 9.59 Å². The number of nitrogens with zero attached hydrogens (tertiary/aromatic N) is 4. The zero-order chi connectivity index (χ0) is 16.8. The summed E-state index contributed by atoms with van der Waals surface area (Å²) in [6.07, 6.45) is 2.11. The highest BCUT2D eigenvalue weighted by Gasteiger charge is 2.45. The lowest BCUT2D eigenvalue weighted by molar-refractivity contribution is 0.0199. The van der Waals surface area contributed by atoms with Gasteiger partial charge < -0.3 is 18.7 Å². The van der Waals surface area contributed by atoms with Crippen LogP contribution in [0.1, 0.15) is 34.6 Å². The summed E-state index contributed by atoms with van der Waals surface area (Å²) < 4.78 is 12.6. The van der Waals surface area contributed by atoms with Crippen LogP contribution in [0.15, 0.2) is 27.6 Å². The normalized spacial score (nSPS) is 25.9. The fourth-order valence-corrected chi connectivity index (χ4v) is 3.46. The minimum Gasteiger partial charge on any atom is -0.363 e. The minimum absolute atomic E-state index is 0.0567. The van der Waals surface area contributed by atoms with Gasteiger partial charge in [0.2, 0.25) is 0 Å². The summed E-state index contributed by atoms with van der Waals surface area (Å²) in [6, 6.07) is 3.28. The van der Waals surface area contributed by atoms with Crippen LogP contribution < -0.4 is 5.56 Å². The van der Waals surface area contributed by atoms with E-state index in [1.54, 1.807) is 37.2 Å². The van der Waals surface area contributed by atoms with E-state index < -0.39 is 0 Å². The maximum Gasteiger partial charge on any atom is 0.263 e. The van der Waals surface area contributed by atoms with Gasteiger partial charge in [-0.25, -0.2) is 0 Å². The SMILES string of the molecule is Cc1noc([C@@H]2C[C@H]3CN(C(=O)c4cccn(C)c4=O)C[C@H]3O2)n1. The first-order valence-corrected chi connectivity index (χ1v) is 7.93. The number of ether oxygens (including phenoxy) is 1. The van der Waals surface area contributed by atoms with Crippen LogP contribution in [0, 0.1) is 12.8 Å². The molecule has 0 unspecified atom stereocenters. The summed E-state index contributed by atoms with van der Waals surface area (Å²) in [4.78, 5) is 30.6. The van der Waals surface area contributed by atoms with E-state index in [-0.39, 0.29) is 35.2 Å². The number of hydrogen-bond donors (Lipinski definition) is 0. The van der Waals surface area contributed by atoms with E-state index in [2.05, 4.69) is 10.1 Å². The van der Waals surface area contributed by atoms with Crippen molar-refractivity contribution in [2.45, 2.75) is 25.6 Å². The zero-order valence-electron chi connectivity index (χ0n) is 13.5. The highest BCUT2D eigenvalue weighted by atomic mass is 16.5. The molecule has 8 nitrogen and oxygen atoms in total. The summed E-state index contributed by atoms with van der Waals surface area (Å²) >= 11 is 0. The Kier molecular flexibility index (Phi) is 3.49. The molecule has 4 heterocycles. The summed E-state index contributed by atoms with van der Waals surface area (Å²) in [5.74, 6) is 1.07. The van der Waals surface area contributed by atoms with Gasteiger partial charge in [0.1, 0.15) is 11.7 Å². The third-order valence-corrected chi connectivity index (χ3v) is 4.70. The number of likely N-dealkylation sites (tertiary alicyclic amines) is 1. The number of rotatable bonds is 2. The van der Waals surface area contributed by atoms with Crippen molar-refractivity contribution in [2.75, 3.05) is 13.1 Å². The van der Waals surface area contributed by atoms with Gasteiger partial charge in [-0.15, -0.1) is 0 Å². The molecule has 0 N–H and O–H groups in total. The molecule has 2 fully saturated rings. The van der Waals surface area contributed by atoms with Gasteiger partial charge in [0.25, 0.3) is 17.4 Å². The Hall–Kier alpha value is -2.48. The van der Waals surface area contributed by atoms with Crippen molar-refractivity contribution in [3.05, 3.63) is 46.0 Å². The molecule has 3 atom stereocenters. The summed E-state index contributed by atoms with van der Waals surface area (Å²) in [6.45, 7) is 2.82. The Balaban J connectivity index is 1.46. The molecular weight excluding hydrogens is 312 g/mol. The summed E-state index contributed by atoms with van der Waals surface area (Å²) in [5.41, 5.74) is -0.0799. The largest absolute Gasteiger partial charge is 0.363 e. The molecule has 2 aliphatic heterocycles. The summed E-state index contributed by atoms with van der Waals surface area (Å²) in [7, 11) is 1.64. The first kappa shape index (κ1) is 15.1. The highest BCUT2D eigenvalue weighted by molar-refractivity contribution is 5.94. The molecule has 0 spiro atoms. The fourth-order valence-electron chi connectivity index (χ4n) is 3.46. The summed E-state index contributed by atoms with van der Waals surface area (Å²) in [5, 5.41) is 3.79. The Bertz CT molecular complexity index is 829. The van der Waals surface area contributed by atoms with Gasteiger partial charge in [0.15, 0.2) is 5.82 Å². The average molecular weight is 330 g/mol. The second kappa shape index (κ2) is 5.55. The number of amides is 1. The van der Waals surface area contributed by atoms with Crippen LogP contribution in [-0.4, -0.2) is 44.7 Å². The third kappa shape index (κ3) is 2.43. The Morgan fingerprint density at radius 1 is 1.38 bits per heavy atom. The average Bonchev–Trinajstić information content (AvgIpc) is 3.23. The molecule has 0 saturated carbocycles. The van der Waals surface area contributed by atoms with Crippen LogP contribution in [0.25, 0.3) is 0 Å². The molecule has 2 aromatic rings. The molecule has 0 aliphatic carbocycles. The van der Waals surface area contributed by atoms with E-state index in [0.717, 1.165) is 6.42 Å². The van der Waals surface area contributed by atoms with Crippen LogP contribution in [0.4, 0.5) is 0 Å². The minimum atomic E-state index is -0.278. The molecule has 24 heavy (non-hydrogen) atoms. The predicted octanol–water partition coefficient (Wildman–Crippen LogP) is 0.679. The van der Waals surface area contributed by atoms with Crippen molar-refractivity contribution >= 4 is 5.91 Å². The van der Waals surface area contributed by atoms with Gasteiger partial charge >= 0.3 is 0 Å². The van der Waals surface area contributed by atoms with E-state index in [4.69, 9.17) is 9.26 Å². The van der Waals surface area contributed by atoms with Gasteiger partial charge in [-0.05, 0) is 25.5 Å². The number of aromatic nitrogens is 3. The molecule has 2 aliphatic rings. The molecule has 2 aromatic heterocycles. The van der Waals surface area contributed by atoms with Crippen LogP contribution in [0.2, 0.25) is 0 Å². The molecule has 126 valence electrons. The first-order chi connectivity index (χ1) is 11.5. The maximum atomic E-state index is 12.6. The van der Waals surface area contributed by atoms with Crippen LogP contribution in [-0.2, 0) is 11.8 Å². The topological polar surface area (TPSA) is 90.5 Å². The van der Waals surface area contributed by atoms with Gasteiger partial charge in [-0.2, -0.15) is 4.98 Å². The van der Waals surface area contributed by atoms with E-state index in [0.29, 0.717) is 24.8 Å². The number of carbonyl (C=O) groups excluding carboxylic acids is 1. The third-order valence-electron chi connectivity index (χ3n) is 4.70. The number of fused-ring (bicyclic) bond motifs is 1. The molecule has 0 bridgehead atoms. The molecular formula is C16H18N4O4. The molecule has 1 amide bonds. The number of aryl methyl sites for hydroxylation is 2. The lowest BCUT2D eigenvalue weighted by atomic mass is 10.0. The second-order valence-corrected chi connectivity index (χ2v) is 6.39. The lowest BCUT2D eigenvalue weighted by Gasteiger charge is -2.18. The number of carbonyl (C=O) groups is 1. The van der Waals surface area contributed by atoms with Gasteiger partial charge in [0.05, 0.1) is 6.10 Å². The number of hydrogen-bond acceptors (Lipinski definition) is 6. The van der Waals surface area contributed by atoms with E-state index >= 15 is 0 Å². The van der Waals surface area contributed by atoms with Crippen LogP contribution in [0.3, 0.4) is 0 Å². The second-order valence-electron chi connectivity index (χ2n) is 6.39. The van der Waals surface area contributed by atoms with Crippen molar-refractivity contribution in [3.8, 4) is 0 Å². The smallest absolute Gasteiger partial charge is 0.263 e. The first-order valence-electron chi connectivity index (χ1n) is 7.93. The zero-order valence-corrected chi connectivity index (χ0v) is 13.5. The van der Waals surface area contributed by atoms with E-state index in [1.165, 1.54) is 4.57 Å². The lowest BCUT2D eigenvalue weighted by Crippen LogP contribution is -2.35. The Labute approximate surface area is 138 Å². The van der Waals surface area contributed by atoms with E-state index in [1.807, 2.05) is 0 Å².